The highest BCUT2D eigenvalue weighted by molar-refractivity contribution is 6.07. The Morgan fingerprint density at radius 2 is 2.00 bits per heavy atom. The Kier molecular flexibility index (Phi) is 3.83. The number of carboxylic acid groups (broad SMARTS) is 1. The highest BCUT2D eigenvalue weighted by Crippen LogP contribution is 2.18. The lowest BCUT2D eigenvalue weighted by molar-refractivity contribution is -0.131. The fraction of sp³-hybridized carbons (Fsp3) is 0.167. The number of carboxylic acids is 1. The third-order valence-corrected chi connectivity index (χ3v) is 2.06. The SMILES string of the molecule is COc1ccc(C(=O)/C=C/C(=O)O)cc1C. The number of methoxy groups -OCH3 is 1. The van der Waals surface area contributed by atoms with Gasteiger partial charge in [0.2, 0.25) is 0 Å². The van der Waals surface area contributed by atoms with E-state index in [1.807, 2.05) is 6.92 Å². The van der Waals surface area contributed by atoms with Crippen LogP contribution < -0.4 is 4.74 Å². The van der Waals surface area contributed by atoms with Crippen LogP contribution in [0.2, 0.25) is 0 Å². The van der Waals surface area contributed by atoms with Crippen LogP contribution in [0.5, 0.6) is 5.75 Å². The molecule has 4 nitrogen and oxygen atoms in total. The molecule has 0 aliphatic heterocycles. The first-order valence-electron chi connectivity index (χ1n) is 4.64. The van der Waals surface area contributed by atoms with Crippen LogP contribution in [0, 0.1) is 6.92 Å². The lowest BCUT2D eigenvalue weighted by Gasteiger charge is -2.05. The van der Waals surface area contributed by atoms with Crippen LogP contribution in [-0.4, -0.2) is 24.0 Å². The van der Waals surface area contributed by atoms with Crippen molar-refractivity contribution >= 4 is 11.8 Å². The second-order valence-electron chi connectivity index (χ2n) is 3.22. The first-order chi connectivity index (χ1) is 7.54. The third kappa shape index (κ3) is 2.95. The summed E-state index contributed by atoms with van der Waals surface area (Å²) in [6.45, 7) is 1.82. The summed E-state index contributed by atoms with van der Waals surface area (Å²) in [5.74, 6) is -0.787. The van der Waals surface area contributed by atoms with Crippen molar-refractivity contribution in [3.8, 4) is 5.75 Å². The molecule has 0 saturated carbocycles. The Balaban J connectivity index is 2.93. The molecule has 0 atom stereocenters. The number of aliphatic carboxylic acids is 1. The second kappa shape index (κ2) is 5.11. The summed E-state index contributed by atoms with van der Waals surface area (Å²) in [5.41, 5.74) is 1.27. The maximum Gasteiger partial charge on any atom is 0.328 e. The molecule has 0 aromatic heterocycles. The fourth-order valence-electron chi connectivity index (χ4n) is 1.27. The van der Waals surface area contributed by atoms with E-state index in [0.29, 0.717) is 11.3 Å². The van der Waals surface area contributed by atoms with Gasteiger partial charge in [-0.2, -0.15) is 0 Å². The summed E-state index contributed by atoms with van der Waals surface area (Å²) < 4.78 is 5.05. The number of ether oxygens (including phenoxy) is 1. The molecule has 1 N–H and O–H groups in total. The predicted octanol–water partition coefficient (Wildman–Crippen LogP) is 1.83. The van der Waals surface area contributed by atoms with Crippen LogP contribution >= 0.6 is 0 Å². The summed E-state index contributed by atoms with van der Waals surface area (Å²) in [6, 6.07) is 4.94. The van der Waals surface area contributed by atoms with Gasteiger partial charge in [-0.25, -0.2) is 4.79 Å². The lowest BCUT2D eigenvalue weighted by atomic mass is 10.1. The van der Waals surface area contributed by atoms with Crippen molar-refractivity contribution in [1.82, 2.24) is 0 Å². The molecule has 1 aromatic carbocycles. The number of carbonyl (C=O) groups excluding carboxylic acids is 1. The van der Waals surface area contributed by atoms with Gasteiger partial charge in [-0.05, 0) is 36.8 Å². The Morgan fingerprint density at radius 3 is 2.50 bits per heavy atom. The van der Waals surface area contributed by atoms with Crippen molar-refractivity contribution in [2.45, 2.75) is 6.92 Å². The Labute approximate surface area is 93.2 Å². The number of hydrogen-bond donors (Lipinski definition) is 1. The van der Waals surface area contributed by atoms with Crippen LogP contribution in [0.25, 0.3) is 0 Å². The number of benzene rings is 1. The summed E-state index contributed by atoms with van der Waals surface area (Å²) in [7, 11) is 1.55. The minimum atomic E-state index is -1.14. The molecule has 0 radical (unpaired) electrons. The highest BCUT2D eigenvalue weighted by Gasteiger charge is 2.05. The van der Waals surface area contributed by atoms with Gasteiger partial charge >= 0.3 is 5.97 Å². The number of allylic oxidation sites excluding steroid dienone is 1. The molecule has 1 aromatic rings. The average Bonchev–Trinajstić information content (AvgIpc) is 2.25. The van der Waals surface area contributed by atoms with Gasteiger partial charge in [0.05, 0.1) is 7.11 Å². The highest BCUT2D eigenvalue weighted by atomic mass is 16.5. The van der Waals surface area contributed by atoms with E-state index >= 15 is 0 Å². The van der Waals surface area contributed by atoms with Crippen molar-refractivity contribution in [3.63, 3.8) is 0 Å². The molecule has 0 heterocycles. The monoisotopic (exact) mass is 220 g/mol. The maximum atomic E-state index is 11.5. The van der Waals surface area contributed by atoms with Gasteiger partial charge in [-0.15, -0.1) is 0 Å². The maximum absolute atomic E-state index is 11.5. The summed E-state index contributed by atoms with van der Waals surface area (Å²) in [4.78, 5) is 21.8. The molecule has 0 spiro atoms. The van der Waals surface area contributed by atoms with Gasteiger partial charge in [0.25, 0.3) is 0 Å². The van der Waals surface area contributed by atoms with Crippen molar-refractivity contribution in [2.24, 2.45) is 0 Å². The fourth-order valence-corrected chi connectivity index (χ4v) is 1.27. The minimum absolute atomic E-state index is 0.340. The second-order valence-corrected chi connectivity index (χ2v) is 3.22. The molecule has 0 fully saturated rings. The van der Waals surface area contributed by atoms with Gasteiger partial charge in [0.15, 0.2) is 5.78 Å². The van der Waals surface area contributed by atoms with Gasteiger partial charge in [-0.1, -0.05) is 0 Å². The minimum Gasteiger partial charge on any atom is -0.496 e. The van der Waals surface area contributed by atoms with Gasteiger partial charge < -0.3 is 9.84 Å². The number of ketones is 1. The molecule has 0 bridgehead atoms. The predicted molar refractivity (Wildman–Crippen MR) is 58.8 cm³/mol. The number of aryl methyl sites for hydroxylation is 1. The zero-order valence-corrected chi connectivity index (χ0v) is 9.06. The molecule has 0 amide bonds. The third-order valence-electron chi connectivity index (χ3n) is 2.06. The van der Waals surface area contributed by atoms with Crippen LogP contribution in [-0.2, 0) is 4.79 Å². The van der Waals surface area contributed by atoms with Crippen molar-refractivity contribution in [1.29, 1.82) is 0 Å². The number of carbonyl (C=O) groups is 2. The molecule has 84 valence electrons. The van der Waals surface area contributed by atoms with Gasteiger partial charge in [0, 0.05) is 11.6 Å². The van der Waals surface area contributed by atoms with Crippen LogP contribution in [0.1, 0.15) is 15.9 Å². The van der Waals surface area contributed by atoms with Crippen molar-refractivity contribution in [3.05, 3.63) is 41.5 Å². The molecule has 4 heteroatoms. The summed E-state index contributed by atoms with van der Waals surface area (Å²) in [5, 5.41) is 8.39. The van der Waals surface area contributed by atoms with Gasteiger partial charge in [-0.3, -0.25) is 4.79 Å². The van der Waals surface area contributed by atoms with E-state index in [1.165, 1.54) is 0 Å². The van der Waals surface area contributed by atoms with Crippen LogP contribution in [0.4, 0.5) is 0 Å². The van der Waals surface area contributed by atoms with E-state index in [4.69, 9.17) is 9.84 Å². The standard InChI is InChI=1S/C12H12O4/c1-8-7-9(3-5-11(8)16-2)10(13)4-6-12(14)15/h3-7H,1-2H3,(H,14,15)/b6-4+. The average molecular weight is 220 g/mol. The quantitative estimate of drug-likeness (QED) is 0.621. The molecular formula is C12H12O4. The topological polar surface area (TPSA) is 63.6 Å². The van der Waals surface area contributed by atoms with Gasteiger partial charge in [0.1, 0.15) is 5.75 Å². The largest absolute Gasteiger partial charge is 0.496 e. The molecule has 16 heavy (non-hydrogen) atoms. The summed E-state index contributed by atoms with van der Waals surface area (Å²) in [6.07, 6.45) is 1.85. The van der Waals surface area contributed by atoms with E-state index in [2.05, 4.69) is 0 Å². The first kappa shape index (κ1) is 12.0. The molecule has 0 aliphatic rings. The molecule has 1 rings (SSSR count). The Hall–Kier alpha value is -2.10. The molecule has 0 aliphatic carbocycles. The van der Waals surface area contributed by atoms with E-state index in [1.54, 1.807) is 25.3 Å². The Morgan fingerprint density at radius 1 is 1.31 bits per heavy atom. The number of hydrogen-bond acceptors (Lipinski definition) is 3. The van der Waals surface area contributed by atoms with E-state index < -0.39 is 5.97 Å². The van der Waals surface area contributed by atoms with E-state index in [-0.39, 0.29) is 5.78 Å². The zero-order chi connectivity index (χ0) is 12.1. The first-order valence-corrected chi connectivity index (χ1v) is 4.64. The van der Waals surface area contributed by atoms with Crippen LogP contribution in [0.15, 0.2) is 30.4 Å². The molecular weight excluding hydrogens is 208 g/mol. The van der Waals surface area contributed by atoms with E-state index in [0.717, 1.165) is 17.7 Å². The Bertz CT molecular complexity index is 446. The van der Waals surface area contributed by atoms with Crippen LogP contribution in [0.3, 0.4) is 0 Å². The smallest absolute Gasteiger partial charge is 0.328 e. The normalized spacial score (nSPS) is 10.4. The van der Waals surface area contributed by atoms with Crippen molar-refractivity contribution < 1.29 is 19.4 Å². The number of rotatable bonds is 4. The lowest BCUT2D eigenvalue weighted by Crippen LogP contribution is -1.98. The summed E-state index contributed by atoms with van der Waals surface area (Å²) >= 11 is 0. The van der Waals surface area contributed by atoms with Crippen molar-refractivity contribution in [2.75, 3.05) is 7.11 Å². The molecule has 0 saturated heterocycles. The van der Waals surface area contributed by atoms with E-state index in [9.17, 15) is 9.59 Å². The zero-order valence-electron chi connectivity index (χ0n) is 9.06. The molecule has 0 unspecified atom stereocenters.